The van der Waals surface area contributed by atoms with Crippen LogP contribution in [0, 0.1) is 11.8 Å². The van der Waals surface area contributed by atoms with Crippen molar-refractivity contribution < 1.29 is 0 Å². The van der Waals surface area contributed by atoms with Crippen molar-refractivity contribution in [2.75, 3.05) is 18.0 Å². The summed E-state index contributed by atoms with van der Waals surface area (Å²) in [5, 5.41) is 0. The highest BCUT2D eigenvalue weighted by Crippen LogP contribution is 2.27. The van der Waals surface area contributed by atoms with E-state index < -0.39 is 0 Å². The van der Waals surface area contributed by atoms with E-state index in [0.29, 0.717) is 6.04 Å². The van der Waals surface area contributed by atoms with Crippen molar-refractivity contribution in [2.24, 2.45) is 17.6 Å². The van der Waals surface area contributed by atoms with Crippen molar-refractivity contribution in [1.82, 2.24) is 0 Å². The minimum Gasteiger partial charge on any atom is -0.371 e. The largest absolute Gasteiger partial charge is 0.371 e. The molecule has 106 valence electrons. The molecule has 2 heteroatoms. The molecule has 1 fully saturated rings. The maximum atomic E-state index is 6.01. The fourth-order valence-corrected chi connectivity index (χ4v) is 2.79. The highest BCUT2D eigenvalue weighted by molar-refractivity contribution is 5.48. The summed E-state index contributed by atoms with van der Waals surface area (Å²) in [5.41, 5.74) is 8.73. The lowest BCUT2D eigenvalue weighted by molar-refractivity contribution is 0.324. The predicted octanol–water partition coefficient (Wildman–Crippen LogP) is 3.45. The second kappa shape index (κ2) is 6.42. The Kier molecular flexibility index (Phi) is 4.87. The Morgan fingerprint density at radius 1 is 1.21 bits per heavy atom. The fraction of sp³-hybridized carbons (Fsp3) is 0.647. The number of hydrogen-bond donors (Lipinski definition) is 1. The third kappa shape index (κ3) is 3.73. The first-order chi connectivity index (χ1) is 9.10. The number of anilines is 1. The summed E-state index contributed by atoms with van der Waals surface area (Å²) < 4.78 is 0. The van der Waals surface area contributed by atoms with Gasteiger partial charge in [0.2, 0.25) is 0 Å². The first-order valence-electron chi connectivity index (χ1n) is 7.69. The summed E-state index contributed by atoms with van der Waals surface area (Å²) in [6.07, 6.45) is 3.34. The van der Waals surface area contributed by atoms with Gasteiger partial charge >= 0.3 is 0 Å². The van der Waals surface area contributed by atoms with Crippen LogP contribution in [0.5, 0.6) is 0 Å². The average molecular weight is 260 g/mol. The molecule has 0 saturated carbocycles. The van der Waals surface area contributed by atoms with Gasteiger partial charge in [-0.15, -0.1) is 0 Å². The minimum atomic E-state index is 0.293. The normalized spacial score (nSPS) is 25.4. The first kappa shape index (κ1) is 14.4. The highest BCUT2D eigenvalue weighted by Gasteiger charge is 2.22. The second-order valence-corrected chi connectivity index (χ2v) is 6.23. The Bertz CT molecular complexity index is 385. The Morgan fingerprint density at radius 2 is 1.89 bits per heavy atom. The molecule has 0 radical (unpaired) electrons. The van der Waals surface area contributed by atoms with Crippen molar-refractivity contribution in [3.63, 3.8) is 0 Å². The topological polar surface area (TPSA) is 29.3 Å². The maximum absolute atomic E-state index is 6.01. The lowest BCUT2D eigenvalue weighted by Crippen LogP contribution is -2.38. The molecule has 0 amide bonds. The van der Waals surface area contributed by atoms with Gasteiger partial charge in [0.1, 0.15) is 0 Å². The number of nitrogens with two attached hydrogens (primary N) is 1. The monoisotopic (exact) mass is 260 g/mol. The molecule has 3 unspecified atom stereocenters. The van der Waals surface area contributed by atoms with Gasteiger partial charge in [-0.1, -0.05) is 32.9 Å². The van der Waals surface area contributed by atoms with Crippen LogP contribution < -0.4 is 10.6 Å². The molecule has 1 heterocycles. The zero-order chi connectivity index (χ0) is 13.8. The molecule has 0 spiro atoms. The van der Waals surface area contributed by atoms with Crippen LogP contribution in [-0.4, -0.2) is 19.1 Å². The summed E-state index contributed by atoms with van der Waals surface area (Å²) in [4.78, 5) is 2.52. The van der Waals surface area contributed by atoms with Gasteiger partial charge in [-0.05, 0) is 48.8 Å². The molecule has 0 bridgehead atoms. The van der Waals surface area contributed by atoms with Crippen LogP contribution in [0.3, 0.4) is 0 Å². The van der Waals surface area contributed by atoms with Gasteiger partial charge in [0, 0.05) is 24.8 Å². The van der Waals surface area contributed by atoms with E-state index in [1.807, 2.05) is 0 Å². The van der Waals surface area contributed by atoms with Gasteiger partial charge in [0.25, 0.3) is 0 Å². The van der Waals surface area contributed by atoms with Crippen molar-refractivity contribution in [2.45, 2.75) is 46.1 Å². The summed E-state index contributed by atoms with van der Waals surface area (Å²) in [6.45, 7) is 9.27. The molecule has 2 N–H and O–H groups in total. The van der Waals surface area contributed by atoms with Crippen molar-refractivity contribution >= 4 is 5.69 Å². The molecule has 19 heavy (non-hydrogen) atoms. The molecule has 1 aromatic carbocycles. The number of piperidine rings is 1. The van der Waals surface area contributed by atoms with Crippen LogP contribution in [0.15, 0.2) is 24.3 Å². The molecule has 0 aliphatic carbocycles. The molecule has 0 aromatic heterocycles. The van der Waals surface area contributed by atoms with Gasteiger partial charge in [-0.25, -0.2) is 0 Å². The number of nitrogens with zero attached hydrogens (tertiary/aromatic N) is 1. The van der Waals surface area contributed by atoms with Crippen LogP contribution in [0.1, 0.15) is 39.2 Å². The predicted molar refractivity (Wildman–Crippen MR) is 83.6 cm³/mol. The van der Waals surface area contributed by atoms with Gasteiger partial charge in [-0.2, -0.15) is 0 Å². The summed E-state index contributed by atoms with van der Waals surface area (Å²) in [6, 6.07) is 9.31. The van der Waals surface area contributed by atoms with E-state index in [2.05, 4.69) is 49.9 Å². The van der Waals surface area contributed by atoms with Crippen LogP contribution >= 0.6 is 0 Å². The average Bonchev–Trinajstić information content (AvgIpc) is 2.42. The summed E-state index contributed by atoms with van der Waals surface area (Å²) in [5.74, 6) is 1.65. The second-order valence-electron chi connectivity index (χ2n) is 6.23. The van der Waals surface area contributed by atoms with Crippen LogP contribution in [0.2, 0.25) is 0 Å². The lowest BCUT2D eigenvalue weighted by atomic mass is 9.88. The van der Waals surface area contributed by atoms with Crippen molar-refractivity contribution in [3.8, 4) is 0 Å². The molecular formula is C17H28N2. The summed E-state index contributed by atoms with van der Waals surface area (Å²) in [7, 11) is 0. The SMILES string of the molecule is CCC(N)Cc1ccc(N2CCC(C)C(C)C2)cc1. The van der Waals surface area contributed by atoms with Gasteiger partial charge in [-0.3, -0.25) is 0 Å². The fourth-order valence-electron chi connectivity index (χ4n) is 2.79. The standard InChI is InChI=1S/C17H28N2/c1-4-16(18)11-15-5-7-17(8-6-15)19-10-9-13(2)14(3)12-19/h5-8,13-14,16H,4,9-12,18H2,1-3H3. The van der Waals surface area contributed by atoms with E-state index in [1.54, 1.807) is 0 Å². The molecule has 3 atom stereocenters. The molecule has 1 aliphatic heterocycles. The Balaban J connectivity index is 1.98. The Morgan fingerprint density at radius 3 is 2.47 bits per heavy atom. The Hall–Kier alpha value is -1.02. The molecule has 1 aliphatic rings. The molecular weight excluding hydrogens is 232 g/mol. The quantitative estimate of drug-likeness (QED) is 0.898. The Labute approximate surface area is 118 Å². The zero-order valence-electron chi connectivity index (χ0n) is 12.6. The summed E-state index contributed by atoms with van der Waals surface area (Å²) >= 11 is 0. The van der Waals surface area contributed by atoms with Crippen molar-refractivity contribution in [1.29, 1.82) is 0 Å². The maximum Gasteiger partial charge on any atom is 0.0366 e. The number of rotatable bonds is 4. The van der Waals surface area contributed by atoms with Crippen LogP contribution in [-0.2, 0) is 6.42 Å². The third-order valence-electron chi connectivity index (χ3n) is 4.66. The first-order valence-corrected chi connectivity index (χ1v) is 7.69. The number of benzene rings is 1. The number of hydrogen-bond acceptors (Lipinski definition) is 2. The lowest BCUT2D eigenvalue weighted by Gasteiger charge is -2.36. The van der Waals surface area contributed by atoms with E-state index in [9.17, 15) is 0 Å². The minimum absolute atomic E-state index is 0.293. The molecule has 2 nitrogen and oxygen atoms in total. The molecule has 1 saturated heterocycles. The van der Waals surface area contributed by atoms with Gasteiger partial charge in [0.05, 0.1) is 0 Å². The molecule has 2 rings (SSSR count). The van der Waals surface area contributed by atoms with Gasteiger partial charge in [0.15, 0.2) is 0 Å². The zero-order valence-corrected chi connectivity index (χ0v) is 12.6. The van der Waals surface area contributed by atoms with E-state index >= 15 is 0 Å². The highest BCUT2D eigenvalue weighted by atomic mass is 15.1. The van der Waals surface area contributed by atoms with Crippen molar-refractivity contribution in [3.05, 3.63) is 29.8 Å². The smallest absolute Gasteiger partial charge is 0.0366 e. The van der Waals surface area contributed by atoms with E-state index in [4.69, 9.17) is 5.73 Å². The van der Waals surface area contributed by atoms with Crippen LogP contribution in [0.25, 0.3) is 0 Å². The molecule has 1 aromatic rings. The van der Waals surface area contributed by atoms with E-state index in [1.165, 1.54) is 30.8 Å². The van der Waals surface area contributed by atoms with Gasteiger partial charge < -0.3 is 10.6 Å². The van der Waals surface area contributed by atoms with E-state index in [0.717, 1.165) is 24.7 Å². The third-order valence-corrected chi connectivity index (χ3v) is 4.66. The van der Waals surface area contributed by atoms with E-state index in [-0.39, 0.29) is 0 Å². The van der Waals surface area contributed by atoms with Crippen LogP contribution in [0.4, 0.5) is 5.69 Å².